The Morgan fingerprint density at radius 1 is 1.10 bits per heavy atom. The number of benzene rings is 1. The van der Waals surface area contributed by atoms with Gasteiger partial charge in [-0.25, -0.2) is 9.97 Å². The summed E-state index contributed by atoms with van der Waals surface area (Å²) in [6, 6.07) is 9.73. The second-order valence-corrected chi connectivity index (χ2v) is 7.87. The van der Waals surface area contributed by atoms with E-state index in [1.54, 1.807) is 32.9 Å². The third-order valence-electron chi connectivity index (χ3n) is 5.92. The van der Waals surface area contributed by atoms with Gasteiger partial charge >= 0.3 is 0 Å². The lowest BCUT2D eigenvalue weighted by molar-refractivity contribution is 0.0686. The molecule has 0 bridgehead atoms. The lowest BCUT2D eigenvalue weighted by Gasteiger charge is -2.32. The maximum atomic E-state index is 12.9. The minimum absolute atomic E-state index is 0.0562. The van der Waals surface area contributed by atoms with Crippen LogP contribution in [0.5, 0.6) is 11.5 Å². The van der Waals surface area contributed by atoms with Crippen LogP contribution in [-0.2, 0) is 6.42 Å². The van der Waals surface area contributed by atoms with E-state index in [0.717, 1.165) is 56.1 Å². The SMILES string of the molecule is COc1cc(CCC2CCN(C(=O)c3ccc(-n4ccnc4)nc3)CC2)cc(OC)c1. The van der Waals surface area contributed by atoms with Crippen molar-refractivity contribution in [1.29, 1.82) is 0 Å². The van der Waals surface area contributed by atoms with Gasteiger partial charge in [-0.2, -0.15) is 0 Å². The van der Waals surface area contributed by atoms with Crippen LogP contribution in [0.4, 0.5) is 0 Å². The lowest BCUT2D eigenvalue weighted by Crippen LogP contribution is -2.38. The van der Waals surface area contributed by atoms with Gasteiger partial charge in [-0.3, -0.25) is 9.36 Å². The number of likely N-dealkylation sites (tertiary alicyclic amines) is 1. The van der Waals surface area contributed by atoms with Crippen LogP contribution >= 0.6 is 0 Å². The molecule has 0 unspecified atom stereocenters. The van der Waals surface area contributed by atoms with Gasteiger partial charge < -0.3 is 14.4 Å². The predicted molar refractivity (Wildman–Crippen MR) is 118 cm³/mol. The molecule has 0 N–H and O–H groups in total. The maximum absolute atomic E-state index is 12.9. The fourth-order valence-electron chi connectivity index (χ4n) is 4.05. The Balaban J connectivity index is 1.29. The number of carbonyl (C=O) groups excluding carboxylic acids is 1. The molecule has 1 aromatic carbocycles. The predicted octanol–water partition coefficient (Wildman–Crippen LogP) is 3.77. The Bertz CT molecular complexity index is 972. The van der Waals surface area contributed by atoms with Crippen LogP contribution in [0, 0.1) is 5.92 Å². The summed E-state index contributed by atoms with van der Waals surface area (Å²) < 4.78 is 12.5. The van der Waals surface area contributed by atoms with E-state index in [2.05, 4.69) is 22.1 Å². The number of nitrogens with zero attached hydrogens (tertiary/aromatic N) is 4. The molecular weight excluding hydrogens is 392 g/mol. The Morgan fingerprint density at radius 3 is 2.42 bits per heavy atom. The molecule has 1 aliphatic heterocycles. The number of pyridine rings is 1. The Labute approximate surface area is 182 Å². The summed E-state index contributed by atoms with van der Waals surface area (Å²) in [5, 5.41) is 0. The van der Waals surface area contributed by atoms with E-state index >= 15 is 0 Å². The standard InChI is InChI=1S/C24H28N4O3/c1-30-21-13-19(14-22(15-21)31-2)4-3-18-7-10-27(11-8-18)24(29)20-5-6-23(26-16-20)28-12-9-25-17-28/h5-6,9,12-18H,3-4,7-8,10-11H2,1-2H3. The fourth-order valence-corrected chi connectivity index (χ4v) is 4.05. The highest BCUT2D eigenvalue weighted by Gasteiger charge is 2.24. The molecule has 31 heavy (non-hydrogen) atoms. The van der Waals surface area contributed by atoms with Gasteiger partial charge in [0.2, 0.25) is 0 Å². The minimum Gasteiger partial charge on any atom is -0.497 e. The van der Waals surface area contributed by atoms with Gasteiger partial charge in [0.05, 0.1) is 19.8 Å². The van der Waals surface area contributed by atoms with Gasteiger partial charge in [0.1, 0.15) is 23.6 Å². The topological polar surface area (TPSA) is 69.5 Å². The second kappa shape index (κ2) is 9.64. The van der Waals surface area contributed by atoms with Gasteiger partial charge in [0.25, 0.3) is 5.91 Å². The number of methoxy groups -OCH3 is 2. The number of hydrogen-bond donors (Lipinski definition) is 0. The third-order valence-corrected chi connectivity index (χ3v) is 5.92. The highest BCUT2D eigenvalue weighted by molar-refractivity contribution is 5.94. The summed E-state index contributed by atoms with van der Waals surface area (Å²) in [7, 11) is 3.35. The quantitative estimate of drug-likeness (QED) is 0.582. The highest BCUT2D eigenvalue weighted by atomic mass is 16.5. The molecule has 7 nitrogen and oxygen atoms in total. The van der Waals surface area contributed by atoms with Crippen molar-refractivity contribution in [2.45, 2.75) is 25.7 Å². The van der Waals surface area contributed by atoms with Crippen molar-refractivity contribution in [2.24, 2.45) is 5.92 Å². The molecule has 0 radical (unpaired) electrons. The van der Waals surface area contributed by atoms with E-state index in [9.17, 15) is 4.79 Å². The number of aromatic nitrogens is 3. The monoisotopic (exact) mass is 420 g/mol. The van der Waals surface area contributed by atoms with Gasteiger partial charge in [-0.1, -0.05) is 0 Å². The maximum Gasteiger partial charge on any atom is 0.255 e. The van der Waals surface area contributed by atoms with Gasteiger partial charge in [0, 0.05) is 37.7 Å². The molecule has 0 spiro atoms. The molecule has 1 saturated heterocycles. The lowest BCUT2D eigenvalue weighted by atomic mass is 9.90. The molecular formula is C24H28N4O3. The van der Waals surface area contributed by atoms with Crippen molar-refractivity contribution in [3.05, 3.63) is 66.4 Å². The summed E-state index contributed by atoms with van der Waals surface area (Å²) in [6.07, 6.45) is 11.0. The number of aryl methyl sites for hydroxylation is 1. The van der Waals surface area contributed by atoms with E-state index in [0.29, 0.717) is 11.5 Å². The smallest absolute Gasteiger partial charge is 0.255 e. The third kappa shape index (κ3) is 5.05. The molecule has 2 aromatic heterocycles. The first-order chi connectivity index (χ1) is 15.2. The first-order valence-corrected chi connectivity index (χ1v) is 10.6. The number of rotatable bonds is 7. The van der Waals surface area contributed by atoms with E-state index < -0.39 is 0 Å². The van der Waals surface area contributed by atoms with Crippen LogP contribution in [0.1, 0.15) is 35.2 Å². The molecule has 0 aliphatic carbocycles. The Hall–Kier alpha value is -3.35. The summed E-state index contributed by atoms with van der Waals surface area (Å²) in [4.78, 5) is 23.2. The van der Waals surface area contributed by atoms with Crippen LogP contribution in [0.3, 0.4) is 0 Å². The van der Waals surface area contributed by atoms with Crippen LogP contribution in [-0.4, -0.2) is 52.7 Å². The zero-order chi connectivity index (χ0) is 21.6. The zero-order valence-electron chi connectivity index (χ0n) is 18.0. The Morgan fingerprint density at radius 2 is 1.84 bits per heavy atom. The number of hydrogen-bond acceptors (Lipinski definition) is 5. The van der Waals surface area contributed by atoms with E-state index in [-0.39, 0.29) is 5.91 Å². The molecule has 1 amide bonds. The largest absolute Gasteiger partial charge is 0.497 e. The van der Waals surface area contributed by atoms with Crippen molar-refractivity contribution in [2.75, 3.05) is 27.3 Å². The van der Waals surface area contributed by atoms with Crippen molar-refractivity contribution < 1.29 is 14.3 Å². The molecule has 162 valence electrons. The normalized spacial score (nSPS) is 14.5. The van der Waals surface area contributed by atoms with Gasteiger partial charge in [0.15, 0.2) is 0 Å². The zero-order valence-corrected chi connectivity index (χ0v) is 18.0. The van der Waals surface area contributed by atoms with Crippen LogP contribution in [0.2, 0.25) is 0 Å². The molecule has 1 fully saturated rings. The molecule has 1 aliphatic rings. The number of carbonyl (C=O) groups is 1. The van der Waals surface area contributed by atoms with Gasteiger partial charge in [-0.05, 0) is 61.4 Å². The summed E-state index contributed by atoms with van der Waals surface area (Å²) in [5.41, 5.74) is 1.85. The average molecular weight is 421 g/mol. The fraction of sp³-hybridized carbons (Fsp3) is 0.375. The summed E-state index contributed by atoms with van der Waals surface area (Å²) in [5.74, 6) is 3.07. The molecule has 0 atom stereocenters. The number of ether oxygens (including phenoxy) is 2. The van der Waals surface area contributed by atoms with Crippen molar-refractivity contribution >= 4 is 5.91 Å². The van der Waals surface area contributed by atoms with E-state index in [1.165, 1.54) is 5.56 Å². The van der Waals surface area contributed by atoms with Crippen LogP contribution < -0.4 is 9.47 Å². The number of amides is 1. The van der Waals surface area contributed by atoms with Crippen molar-refractivity contribution in [3.63, 3.8) is 0 Å². The van der Waals surface area contributed by atoms with Crippen LogP contribution in [0.25, 0.3) is 5.82 Å². The molecule has 4 rings (SSSR count). The first kappa shape index (κ1) is 20.9. The van der Waals surface area contributed by atoms with Crippen molar-refractivity contribution in [3.8, 4) is 17.3 Å². The number of imidazole rings is 1. The molecule has 7 heteroatoms. The molecule has 3 aromatic rings. The Kier molecular flexibility index (Phi) is 6.50. The molecule has 0 saturated carbocycles. The van der Waals surface area contributed by atoms with Crippen LogP contribution in [0.15, 0.2) is 55.2 Å². The van der Waals surface area contributed by atoms with Crippen molar-refractivity contribution in [1.82, 2.24) is 19.4 Å². The summed E-state index contributed by atoms with van der Waals surface area (Å²) >= 11 is 0. The van der Waals surface area contributed by atoms with E-state index in [4.69, 9.17) is 9.47 Å². The van der Waals surface area contributed by atoms with E-state index in [1.807, 2.05) is 33.9 Å². The second-order valence-electron chi connectivity index (χ2n) is 7.87. The summed E-state index contributed by atoms with van der Waals surface area (Å²) in [6.45, 7) is 1.57. The van der Waals surface area contributed by atoms with Gasteiger partial charge in [-0.15, -0.1) is 0 Å². The average Bonchev–Trinajstić information content (AvgIpc) is 3.37. The molecule has 3 heterocycles. The first-order valence-electron chi connectivity index (χ1n) is 10.6. The minimum atomic E-state index is 0.0562. The highest BCUT2D eigenvalue weighted by Crippen LogP contribution is 2.27. The number of piperidine rings is 1.